The number of carbonyl (C=O) groups is 1. The maximum Gasteiger partial charge on any atom is 0.233 e. The number of hydrogen-bond acceptors (Lipinski definition) is 7. The van der Waals surface area contributed by atoms with Crippen LogP contribution in [0.5, 0.6) is 0 Å². The normalized spacial score (nSPS) is 18.7. The van der Waals surface area contributed by atoms with Crippen molar-refractivity contribution in [1.29, 1.82) is 0 Å². The molecule has 1 amide bonds. The van der Waals surface area contributed by atoms with Gasteiger partial charge in [0.2, 0.25) is 11.1 Å². The minimum absolute atomic E-state index is 0.160. The van der Waals surface area contributed by atoms with Crippen LogP contribution in [0.15, 0.2) is 29.6 Å². The van der Waals surface area contributed by atoms with E-state index in [0.717, 1.165) is 62.6 Å². The first kappa shape index (κ1) is 21.2. The van der Waals surface area contributed by atoms with Crippen LogP contribution in [0.2, 0.25) is 0 Å². The van der Waals surface area contributed by atoms with Crippen LogP contribution < -0.4 is 0 Å². The van der Waals surface area contributed by atoms with E-state index in [-0.39, 0.29) is 5.91 Å². The van der Waals surface area contributed by atoms with Crippen molar-refractivity contribution in [3.05, 3.63) is 30.1 Å². The lowest BCUT2D eigenvalue weighted by molar-refractivity contribution is -0.129. The Labute approximate surface area is 182 Å². The SMILES string of the molecule is CN(C(=O)CSc1nnnn1C1CCCC1)C1CCN(CCc2ccccn2)CC1. The number of tetrazole rings is 1. The lowest BCUT2D eigenvalue weighted by Gasteiger charge is -2.36. The van der Waals surface area contributed by atoms with Crippen molar-refractivity contribution in [2.75, 3.05) is 32.4 Å². The number of carbonyl (C=O) groups excluding carboxylic acids is 1. The van der Waals surface area contributed by atoms with E-state index in [1.54, 1.807) is 0 Å². The fourth-order valence-electron chi connectivity index (χ4n) is 4.44. The van der Waals surface area contributed by atoms with Crippen molar-refractivity contribution >= 4 is 17.7 Å². The zero-order valence-electron chi connectivity index (χ0n) is 17.7. The molecule has 0 aromatic carbocycles. The van der Waals surface area contributed by atoms with Gasteiger partial charge in [-0.2, -0.15) is 0 Å². The summed E-state index contributed by atoms with van der Waals surface area (Å²) in [5.41, 5.74) is 1.14. The van der Waals surface area contributed by atoms with E-state index < -0.39 is 0 Å². The Balaban J connectivity index is 1.20. The molecule has 0 unspecified atom stereocenters. The summed E-state index contributed by atoms with van der Waals surface area (Å²) in [5.74, 6) is 0.552. The van der Waals surface area contributed by atoms with E-state index in [0.29, 0.717) is 17.8 Å². The molecule has 2 aliphatic rings. The zero-order valence-corrected chi connectivity index (χ0v) is 18.5. The van der Waals surface area contributed by atoms with Gasteiger partial charge in [-0.05, 0) is 48.2 Å². The van der Waals surface area contributed by atoms with E-state index in [1.807, 2.05) is 35.0 Å². The Hall–Kier alpha value is -2.00. The van der Waals surface area contributed by atoms with E-state index in [4.69, 9.17) is 0 Å². The number of rotatable bonds is 8. The Kier molecular flexibility index (Phi) is 7.33. The summed E-state index contributed by atoms with van der Waals surface area (Å²) in [4.78, 5) is 21.6. The molecule has 162 valence electrons. The summed E-state index contributed by atoms with van der Waals surface area (Å²) >= 11 is 1.47. The van der Waals surface area contributed by atoms with E-state index in [1.165, 1.54) is 24.6 Å². The van der Waals surface area contributed by atoms with Gasteiger partial charge in [-0.3, -0.25) is 9.78 Å². The predicted molar refractivity (Wildman–Crippen MR) is 116 cm³/mol. The molecule has 1 aliphatic heterocycles. The molecular formula is C21H31N7OS. The molecule has 4 rings (SSSR count). The van der Waals surface area contributed by atoms with Crippen LogP contribution in [-0.4, -0.2) is 79.4 Å². The summed E-state index contributed by atoms with van der Waals surface area (Å²) in [6.45, 7) is 3.09. The van der Waals surface area contributed by atoms with Gasteiger partial charge in [0.1, 0.15) is 0 Å². The second-order valence-electron chi connectivity index (χ2n) is 8.28. The predicted octanol–water partition coefficient (Wildman–Crippen LogP) is 2.44. The molecule has 0 radical (unpaired) electrons. The third-order valence-electron chi connectivity index (χ3n) is 6.37. The highest BCUT2D eigenvalue weighted by atomic mass is 32.2. The molecule has 30 heavy (non-hydrogen) atoms. The van der Waals surface area contributed by atoms with Crippen molar-refractivity contribution in [3.8, 4) is 0 Å². The molecule has 1 saturated heterocycles. The van der Waals surface area contributed by atoms with Crippen molar-refractivity contribution in [2.24, 2.45) is 0 Å². The smallest absolute Gasteiger partial charge is 0.233 e. The molecule has 9 heteroatoms. The van der Waals surface area contributed by atoms with Crippen LogP contribution in [0.1, 0.15) is 50.3 Å². The Bertz CT molecular complexity index is 801. The lowest BCUT2D eigenvalue weighted by atomic mass is 10.0. The van der Waals surface area contributed by atoms with Crippen molar-refractivity contribution < 1.29 is 4.79 Å². The number of aromatic nitrogens is 5. The first-order valence-electron chi connectivity index (χ1n) is 11.0. The summed E-state index contributed by atoms with van der Waals surface area (Å²) in [5, 5.41) is 12.9. The van der Waals surface area contributed by atoms with Crippen LogP contribution in [0.3, 0.4) is 0 Å². The molecule has 0 atom stereocenters. The Morgan fingerprint density at radius 3 is 2.73 bits per heavy atom. The Morgan fingerprint density at radius 1 is 1.20 bits per heavy atom. The van der Waals surface area contributed by atoms with Crippen molar-refractivity contribution in [2.45, 2.75) is 62.2 Å². The summed E-state index contributed by atoms with van der Waals surface area (Å²) in [6.07, 6.45) is 9.60. The highest BCUT2D eigenvalue weighted by Crippen LogP contribution is 2.31. The minimum Gasteiger partial charge on any atom is -0.342 e. The number of thioether (sulfide) groups is 1. The molecule has 2 aromatic rings. The third-order valence-corrected chi connectivity index (χ3v) is 7.28. The lowest BCUT2D eigenvalue weighted by Crippen LogP contribution is -2.46. The standard InChI is InChI=1S/C21H31N7OS/c1-26(18-10-14-27(15-11-18)13-9-17-6-4-5-12-22-17)20(29)16-30-21-23-24-25-28(21)19-7-2-3-8-19/h4-6,12,18-19H,2-3,7-11,13-16H2,1H3. The van der Waals surface area contributed by atoms with Gasteiger partial charge in [0.15, 0.2) is 0 Å². The number of piperidine rings is 1. The average molecular weight is 430 g/mol. The van der Waals surface area contributed by atoms with Gasteiger partial charge in [0.05, 0.1) is 11.8 Å². The maximum absolute atomic E-state index is 12.8. The first-order valence-corrected chi connectivity index (χ1v) is 12.0. The molecule has 0 N–H and O–H groups in total. The fraction of sp³-hybridized carbons (Fsp3) is 0.667. The topological polar surface area (TPSA) is 80.0 Å². The monoisotopic (exact) mass is 429 g/mol. The van der Waals surface area contributed by atoms with Gasteiger partial charge in [-0.1, -0.05) is 30.7 Å². The number of pyridine rings is 1. The molecule has 0 bridgehead atoms. The molecule has 8 nitrogen and oxygen atoms in total. The summed E-state index contributed by atoms with van der Waals surface area (Å²) in [6, 6.07) is 6.79. The molecular weight excluding hydrogens is 398 g/mol. The van der Waals surface area contributed by atoms with Crippen LogP contribution >= 0.6 is 11.8 Å². The van der Waals surface area contributed by atoms with Crippen LogP contribution in [0, 0.1) is 0 Å². The zero-order chi connectivity index (χ0) is 20.8. The van der Waals surface area contributed by atoms with Crippen LogP contribution in [0.4, 0.5) is 0 Å². The first-order chi connectivity index (χ1) is 14.7. The molecule has 2 fully saturated rings. The second kappa shape index (κ2) is 10.3. The van der Waals surface area contributed by atoms with Gasteiger partial charge in [-0.25, -0.2) is 4.68 Å². The average Bonchev–Trinajstić information content (AvgIpc) is 3.48. The van der Waals surface area contributed by atoms with Gasteiger partial charge < -0.3 is 9.80 Å². The third kappa shape index (κ3) is 5.37. The summed E-state index contributed by atoms with van der Waals surface area (Å²) in [7, 11) is 1.94. The highest BCUT2D eigenvalue weighted by Gasteiger charge is 2.26. The van der Waals surface area contributed by atoms with Gasteiger partial charge >= 0.3 is 0 Å². The number of likely N-dealkylation sites (tertiary alicyclic amines) is 1. The largest absolute Gasteiger partial charge is 0.342 e. The van der Waals surface area contributed by atoms with Gasteiger partial charge in [0, 0.05) is 51.0 Å². The van der Waals surface area contributed by atoms with E-state index in [2.05, 4.69) is 31.5 Å². The van der Waals surface area contributed by atoms with Crippen molar-refractivity contribution in [3.63, 3.8) is 0 Å². The molecule has 1 saturated carbocycles. The summed E-state index contributed by atoms with van der Waals surface area (Å²) < 4.78 is 1.92. The van der Waals surface area contributed by atoms with Crippen LogP contribution in [-0.2, 0) is 11.2 Å². The maximum atomic E-state index is 12.8. The number of hydrogen-bond donors (Lipinski definition) is 0. The molecule has 1 aliphatic carbocycles. The minimum atomic E-state index is 0.160. The van der Waals surface area contributed by atoms with Crippen LogP contribution in [0.25, 0.3) is 0 Å². The Morgan fingerprint density at radius 2 is 2.00 bits per heavy atom. The number of nitrogens with zero attached hydrogens (tertiary/aromatic N) is 7. The van der Waals surface area contributed by atoms with E-state index >= 15 is 0 Å². The highest BCUT2D eigenvalue weighted by molar-refractivity contribution is 7.99. The van der Waals surface area contributed by atoms with E-state index in [9.17, 15) is 4.79 Å². The van der Waals surface area contributed by atoms with Gasteiger partial charge in [0.25, 0.3) is 0 Å². The second-order valence-corrected chi connectivity index (χ2v) is 9.22. The van der Waals surface area contributed by atoms with Gasteiger partial charge in [-0.15, -0.1) is 5.10 Å². The fourth-order valence-corrected chi connectivity index (χ4v) is 5.31. The van der Waals surface area contributed by atoms with Crippen molar-refractivity contribution in [1.82, 2.24) is 35.0 Å². The molecule has 0 spiro atoms. The number of amides is 1. The quantitative estimate of drug-likeness (QED) is 0.596. The molecule has 3 heterocycles. The molecule has 2 aromatic heterocycles.